The number of benzene rings is 1. The van der Waals surface area contributed by atoms with Crippen LogP contribution in [0.3, 0.4) is 0 Å². The highest BCUT2D eigenvalue weighted by molar-refractivity contribution is 8.13. The van der Waals surface area contributed by atoms with Gasteiger partial charge in [0.15, 0.2) is 0 Å². The molecule has 0 aliphatic carbocycles. The molecule has 0 heterocycles. The van der Waals surface area contributed by atoms with E-state index in [1.165, 1.54) is 18.2 Å². The Kier molecular flexibility index (Phi) is 3.88. The van der Waals surface area contributed by atoms with Gasteiger partial charge in [-0.25, -0.2) is 8.42 Å². The molecule has 0 fully saturated rings. The van der Waals surface area contributed by atoms with Crippen molar-refractivity contribution in [1.29, 1.82) is 0 Å². The highest BCUT2D eigenvalue weighted by Gasteiger charge is 2.21. The van der Waals surface area contributed by atoms with Crippen molar-refractivity contribution >= 4 is 25.4 Å². The molecule has 0 amide bonds. The fourth-order valence-electron chi connectivity index (χ4n) is 1.46. The molecule has 0 aromatic heterocycles. The molecule has 0 bridgehead atoms. The first-order valence-electron chi connectivity index (χ1n) is 4.47. The number of hydrogen-bond acceptors (Lipinski definition) is 4. The van der Waals surface area contributed by atoms with Crippen LogP contribution in [0.25, 0.3) is 0 Å². The van der Waals surface area contributed by atoms with E-state index >= 15 is 0 Å². The van der Waals surface area contributed by atoms with E-state index in [-0.39, 0.29) is 11.4 Å². The van der Waals surface area contributed by atoms with Crippen molar-refractivity contribution < 1.29 is 13.3 Å². The lowest BCUT2D eigenvalue weighted by atomic mass is 10.0. The summed E-state index contributed by atoms with van der Waals surface area (Å²) in [6.07, 6.45) is 0. The normalized spacial score (nSPS) is 13.4. The summed E-state index contributed by atoms with van der Waals surface area (Å²) in [4.78, 5) is 10.2. The van der Waals surface area contributed by atoms with E-state index < -0.39 is 19.9 Å². The van der Waals surface area contributed by atoms with Crippen LogP contribution in [0, 0.1) is 10.1 Å². The largest absolute Gasteiger partial charge is 0.272 e. The van der Waals surface area contributed by atoms with Gasteiger partial charge in [-0.15, -0.1) is 0 Å². The Hall–Kier alpha value is -1.14. The maximum atomic E-state index is 10.9. The number of nitro benzene ring substituents is 1. The third-order valence-corrected chi connectivity index (χ3v) is 3.39. The molecule has 0 aliphatic heterocycles. The SMILES string of the molecule is CC(CS(=O)(=O)Cl)c1ccccc1[N+](=O)[O-]. The molecule has 5 nitrogen and oxygen atoms in total. The van der Waals surface area contributed by atoms with Gasteiger partial charge in [0.2, 0.25) is 9.05 Å². The fraction of sp³-hybridized carbons (Fsp3) is 0.333. The molecular formula is C9H10ClNO4S. The third kappa shape index (κ3) is 3.46. The van der Waals surface area contributed by atoms with E-state index in [4.69, 9.17) is 10.7 Å². The monoisotopic (exact) mass is 263 g/mol. The van der Waals surface area contributed by atoms with Crippen LogP contribution in [-0.2, 0) is 9.05 Å². The van der Waals surface area contributed by atoms with Gasteiger partial charge in [-0.05, 0) is 0 Å². The van der Waals surface area contributed by atoms with E-state index in [0.717, 1.165) is 0 Å². The van der Waals surface area contributed by atoms with Gasteiger partial charge in [-0.2, -0.15) is 0 Å². The van der Waals surface area contributed by atoms with Crippen molar-refractivity contribution in [2.45, 2.75) is 12.8 Å². The highest BCUT2D eigenvalue weighted by Crippen LogP contribution is 2.27. The van der Waals surface area contributed by atoms with Gasteiger partial charge < -0.3 is 0 Å². The van der Waals surface area contributed by atoms with Crippen LogP contribution < -0.4 is 0 Å². The zero-order chi connectivity index (χ0) is 12.3. The molecule has 0 radical (unpaired) electrons. The molecule has 1 atom stereocenters. The van der Waals surface area contributed by atoms with Gasteiger partial charge in [0.25, 0.3) is 5.69 Å². The fourth-order valence-corrected chi connectivity index (χ4v) is 2.80. The van der Waals surface area contributed by atoms with E-state index in [9.17, 15) is 18.5 Å². The minimum Gasteiger partial charge on any atom is -0.258 e. The lowest BCUT2D eigenvalue weighted by molar-refractivity contribution is -0.385. The maximum absolute atomic E-state index is 10.9. The Morgan fingerprint density at radius 2 is 2.00 bits per heavy atom. The van der Waals surface area contributed by atoms with E-state index in [1.807, 2.05) is 0 Å². The second-order valence-corrected chi connectivity index (χ2v) is 6.24. The Labute approximate surface area is 97.6 Å². The lowest BCUT2D eigenvalue weighted by Gasteiger charge is -2.09. The summed E-state index contributed by atoms with van der Waals surface area (Å²) >= 11 is 0. The minimum atomic E-state index is -3.66. The Bertz CT molecular complexity index is 500. The molecule has 0 saturated carbocycles. The molecule has 0 spiro atoms. The van der Waals surface area contributed by atoms with E-state index in [2.05, 4.69) is 0 Å². The predicted octanol–water partition coefficient (Wildman–Crippen LogP) is 2.27. The number of halogens is 1. The summed E-state index contributed by atoms with van der Waals surface area (Å²) in [6, 6.07) is 6.03. The smallest absolute Gasteiger partial charge is 0.258 e. The van der Waals surface area contributed by atoms with E-state index in [1.54, 1.807) is 13.0 Å². The third-order valence-electron chi connectivity index (χ3n) is 2.11. The Morgan fingerprint density at radius 1 is 1.44 bits per heavy atom. The summed E-state index contributed by atoms with van der Waals surface area (Å²) < 4.78 is 21.8. The van der Waals surface area contributed by atoms with Crippen molar-refractivity contribution in [3.8, 4) is 0 Å². The summed E-state index contributed by atoms with van der Waals surface area (Å²) in [5, 5.41) is 10.7. The van der Waals surface area contributed by atoms with Gasteiger partial charge in [0.05, 0.1) is 10.7 Å². The lowest BCUT2D eigenvalue weighted by Crippen LogP contribution is -2.08. The molecule has 0 N–H and O–H groups in total. The molecule has 0 aliphatic rings. The molecule has 1 aromatic rings. The van der Waals surface area contributed by atoms with Gasteiger partial charge >= 0.3 is 0 Å². The molecule has 1 unspecified atom stereocenters. The zero-order valence-electron chi connectivity index (χ0n) is 8.46. The quantitative estimate of drug-likeness (QED) is 0.474. The van der Waals surface area contributed by atoms with Crippen molar-refractivity contribution in [1.82, 2.24) is 0 Å². The average Bonchev–Trinajstić information content (AvgIpc) is 2.15. The van der Waals surface area contributed by atoms with Crippen LogP contribution in [-0.4, -0.2) is 19.1 Å². The number of para-hydroxylation sites is 1. The van der Waals surface area contributed by atoms with Crippen LogP contribution in [0.5, 0.6) is 0 Å². The average molecular weight is 264 g/mol. The molecule has 88 valence electrons. The second kappa shape index (κ2) is 4.80. The zero-order valence-corrected chi connectivity index (χ0v) is 10.0. The van der Waals surface area contributed by atoms with Gasteiger partial charge in [-0.1, -0.05) is 25.1 Å². The van der Waals surface area contributed by atoms with Crippen molar-refractivity contribution in [2.24, 2.45) is 0 Å². The first-order valence-corrected chi connectivity index (χ1v) is 6.95. The summed E-state index contributed by atoms with van der Waals surface area (Å²) in [5.74, 6) is -0.830. The Balaban J connectivity index is 3.08. The van der Waals surface area contributed by atoms with Crippen molar-refractivity contribution in [3.05, 3.63) is 39.9 Å². The molecule has 7 heteroatoms. The van der Waals surface area contributed by atoms with Gasteiger partial charge in [-0.3, -0.25) is 10.1 Å². The summed E-state index contributed by atoms with van der Waals surface area (Å²) in [6.45, 7) is 1.59. The van der Waals surface area contributed by atoms with Crippen molar-refractivity contribution in [2.75, 3.05) is 5.75 Å². The molecule has 16 heavy (non-hydrogen) atoms. The number of nitrogens with zero attached hydrogens (tertiary/aromatic N) is 1. The van der Waals surface area contributed by atoms with Crippen LogP contribution in [0.15, 0.2) is 24.3 Å². The van der Waals surface area contributed by atoms with Crippen LogP contribution in [0.4, 0.5) is 5.69 Å². The molecular weight excluding hydrogens is 254 g/mol. The Morgan fingerprint density at radius 3 is 2.50 bits per heavy atom. The second-order valence-electron chi connectivity index (χ2n) is 3.42. The maximum Gasteiger partial charge on any atom is 0.272 e. The number of rotatable bonds is 4. The number of nitro groups is 1. The standard InChI is InChI=1S/C9H10ClNO4S/c1-7(6-16(10,14)15)8-4-2-3-5-9(8)11(12)13/h2-5,7H,6H2,1H3. The predicted molar refractivity (Wildman–Crippen MR) is 61.2 cm³/mol. The summed E-state index contributed by atoms with van der Waals surface area (Å²) in [7, 11) is 1.45. The van der Waals surface area contributed by atoms with Crippen LogP contribution >= 0.6 is 10.7 Å². The van der Waals surface area contributed by atoms with Crippen LogP contribution in [0.1, 0.15) is 18.4 Å². The molecule has 1 rings (SSSR count). The number of hydrogen-bond donors (Lipinski definition) is 0. The van der Waals surface area contributed by atoms with Gasteiger partial charge in [0, 0.05) is 28.2 Å². The van der Waals surface area contributed by atoms with Crippen molar-refractivity contribution in [3.63, 3.8) is 0 Å². The molecule has 1 aromatic carbocycles. The minimum absolute atomic E-state index is 0.0877. The highest BCUT2D eigenvalue weighted by atomic mass is 35.7. The van der Waals surface area contributed by atoms with Crippen LogP contribution in [0.2, 0.25) is 0 Å². The first-order chi connectivity index (χ1) is 7.31. The van der Waals surface area contributed by atoms with Gasteiger partial charge in [0.1, 0.15) is 0 Å². The first kappa shape index (κ1) is 12.9. The van der Waals surface area contributed by atoms with E-state index in [0.29, 0.717) is 5.56 Å². The molecule has 0 saturated heterocycles. The topological polar surface area (TPSA) is 77.3 Å². The summed E-state index contributed by atoms with van der Waals surface area (Å²) in [5.41, 5.74) is 0.284.